The SMILES string of the molecule is O=S(=O)(O/N=C(\C1=CCCC=C1)c1nc2c(s1)=CCCC=2)C1=CC=CCC1. The van der Waals surface area contributed by atoms with Crippen molar-refractivity contribution in [3.63, 3.8) is 0 Å². The summed E-state index contributed by atoms with van der Waals surface area (Å²) in [6, 6.07) is 0. The first-order valence-corrected chi connectivity index (χ1v) is 11.3. The van der Waals surface area contributed by atoms with Crippen molar-refractivity contribution < 1.29 is 12.7 Å². The van der Waals surface area contributed by atoms with Crippen molar-refractivity contribution in [2.24, 2.45) is 5.16 Å². The molecule has 0 N–H and O–H groups in total. The van der Waals surface area contributed by atoms with Crippen molar-refractivity contribution in [1.29, 1.82) is 0 Å². The smallest absolute Gasteiger partial charge is 0.264 e. The molecule has 1 heterocycles. The molecule has 3 aliphatic rings. The number of nitrogens with zero attached hydrogens (tertiary/aromatic N) is 2. The quantitative estimate of drug-likeness (QED) is 0.563. The Balaban J connectivity index is 1.72. The van der Waals surface area contributed by atoms with E-state index in [4.69, 9.17) is 4.28 Å². The van der Waals surface area contributed by atoms with Crippen molar-refractivity contribution >= 4 is 39.3 Å². The molecule has 0 unspecified atom stereocenters. The van der Waals surface area contributed by atoms with Gasteiger partial charge in [-0.25, -0.2) is 4.98 Å². The van der Waals surface area contributed by atoms with Crippen LogP contribution in [0.2, 0.25) is 0 Å². The van der Waals surface area contributed by atoms with Gasteiger partial charge in [-0.1, -0.05) is 47.7 Å². The molecule has 1 aromatic heterocycles. The lowest BCUT2D eigenvalue weighted by atomic mass is 10.0. The minimum atomic E-state index is -3.89. The fraction of sp³-hybridized carbons (Fsp3) is 0.300. The molecule has 0 aliphatic heterocycles. The summed E-state index contributed by atoms with van der Waals surface area (Å²) in [5.41, 5.74) is 1.32. The van der Waals surface area contributed by atoms with Gasteiger partial charge in [-0.15, -0.1) is 11.3 Å². The first-order chi connectivity index (χ1) is 13.1. The Morgan fingerprint density at radius 1 is 1.07 bits per heavy atom. The zero-order chi connectivity index (χ0) is 18.7. The van der Waals surface area contributed by atoms with Gasteiger partial charge in [0.25, 0.3) is 0 Å². The minimum absolute atomic E-state index is 0.251. The van der Waals surface area contributed by atoms with E-state index in [1.54, 1.807) is 12.2 Å². The Hall–Kier alpha value is -2.25. The molecule has 140 valence electrons. The molecule has 0 bridgehead atoms. The second-order valence-electron chi connectivity index (χ2n) is 6.46. The van der Waals surface area contributed by atoms with Gasteiger partial charge in [-0.3, -0.25) is 4.28 Å². The fourth-order valence-corrected chi connectivity index (χ4v) is 5.02. The van der Waals surface area contributed by atoms with E-state index in [-0.39, 0.29) is 4.91 Å². The molecule has 0 atom stereocenters. The van der Waals surface area contributed by atoms with E-state index in [0.717, 1.165) is 41.1 Å². The number of oxime groups is 1. The first kappa shape index (κ1) is 18.1. The van der Waals surface area contributed by atoms with Crippen LogP contribution in [0.5, 0.6) is 0 Å². The lowest BCUT2D eigenvalue weighted by Gasteiger charge is -2.10. The summed E-state index contributed by atoms with van der Waals surface area (Å²) in [5, 5.41) is 5.69. The molecule has 27 heavy (non-hydrogen) atoms. The van der Waals surface area contributed by atoms with Crippen LogP contribution in [0.15, 0.2) is 52.1 Å². The predicted octanol–water partition coefficient (Wildman–Crippen LogP) is 3.06. The van der Waals surface area contributed by atoms with E-state index in [1.807, 2.05) is 18.2 Å². The Labute approximate surface area is 162 Å². The third kappa shape index (κ3) is 4.04. The Morgan fingerprint density at radius 3 is 2.67 bits per heavy atom. The van der Waals surface area contributed by atoms with Crippen molar-refractivity contribution in [2.45, 2.75) is 38.5 Å². The zero-order valence-corrected chi connectivity index (χ0v) is 16.4. The lowest BCUT2D eigenvalue weighted by Crippen LogP contribution is -2.23. The first-order valence-electron chi connectivity index (χ1n) is 9.05. The molecule has 0 radical (unpaired) electrons. The highest BCUT2D eigenvalue weighted by molar-refractivity contribution is 7.90. The van der Waals surface area contributed by atoms with Crippen LogP contribution in [0, 0.1) is 0 Å². The van der Waals surface area contributed by atoms with Crippen LogP contribution in [-0.2, 0) is 14.4 Å². The number of rotatable bonds is 5. The second kappa shape index (κ2) is 7.78. The highest BCUT2D eigenvalue weighted by Gasteiger charge is 2.22. The van der Waals surface area contributed by atoms with Gasteiger partial charge in [0, 0.05) is 5.57 Å². The molecular formula is C20H20N2O3S2. The van der Waals surface area contributed by atoms with Gasteiger partial charge in [0.15, 0.2) is 0 Å². The maximum absolute atomic E-state index is 12.5. The Bertz CT molecular complexity index is 1080. The van der Waals surface area contributed by atoms with E-state index in [2.05, 4.69) is 28.4 Å². The zero-order valence-electron chi connectivity index (χ0n) is 14.8. The van der Waals surface area contributed by atoms with Crippen molar-refractivity contribution in [3.8, 4) is 0 Å². The van der Waals surface area contributed by atoms with E-state index in [0.29, 0.717) is 23.6 Å². The summed E-state index contributed by atoms with van der Waals surface area (Å²) < 4.78 is 31.2. The van der Waals surface area contributed by atoms with E-state index in [1.165, 1.54) is 11.3 Å². The molecule has 0 spiro atoms. The second-order valence-corrected chi connectivity index (χ2v) is 9.07. The normalized spacial score (nSPS) is 19.5. The molecular weight excluding hydrogens is 380 g/mol. The van der Waals surface area contributed by atoms with Crippen LogP contribution in [0.25, 0.3) is 12.2 Å². The van der Waals surface area contributed by atoms with Crippen LogP contribution in [-0.4, -0.2) is 19.1 Å². The van der Waals surface area contributed by atoms with Crippen molar-refractivity contribution in [3.05, 3.63) is 61.8 Å². The summed E-state index contributed by atoms with van der Waals surface area (Å²) in [6.45, 7) is 0. The van der Waals surface area contributed by atoms with E-state index < -0.39 is 10.1 Å². The Morgan fingerprint density at radius 2 is 1.93 bits per heavy atom. The van der Waals surface area contributed by atoms with Gasteiger partial charge >= 0.3 is 10.1 Å². The van der Waals surface area contributed by atoms with Crippen LogP contribution in [0.3, 0.4) is 0 Å². The largest absolute Gasteiger partial charge is 0.354 e. The minimum Gasteiger partial charge on any atom is -0.264 e. The highest BCUT2D eigenvalue weighted by Crippen LogP contribution is 2.22. The number of aromatic nitrogens is 1. The van der Waals surface area contributed by atoms with Gasteiger partial charge in [0.05, 0.1) is 14.8 Å². The molecule has 7 heteroatoms. The van der Waals surface area contributed by atoms with Gasteiger partial charge in [-0.2, -0.15) is 8.42 Å². The van der Waals surface area contributed by atoms with Crippen LogP contribution < -0.4 is 9.88 Å². The van der Waals surface area contributed by atoms with Crippen molar-refractivity contribution in [1.82, 2.24) is 4.98 Å². The highest BCUT2D eigenvalue weighted by atomic mass is 32.2. The number of fused-ring (bicyclic) bond motifs is 1. The van der Waals surface area contributed by atoms with Crippen LogP contribution >= 0.6 is 11.3 Å². The number of hydrogen-bond acceptors (Lipinski definition) is 6. The van der Waals surface area contributed by atoms with Gasteiger partial charge in [-0.05, 0) is 44.6 Å². The predicted molar refractivity (Wildman–Crippen MR) is 109 cm³/mol. The molecule has 3 aliphatic carbocycles. The third-order valence-electron chi connectivity index (χ3n) is 4.51. The molecule has 0 saturated heterocycles. The maximum atomic E-state index is 12.5. The van der Waals surface area contributed by atoms with Gasteiger partial charge < -0.3 is 0 Å². The number of allylic oxidation sites excluding steroid dienone is 8. The number of hydrogen-bond donors (Lipinski definition) is 0. The molecule has 0 amide bonds. The molecule has 5 nitrogen and oxygen atoms in total. The topological polar surface area (TPSA) is 68.6 Å². The monoisotopic (exact) mass is 400 g/mol. The van der Waals surface area contributed by atoms with Crippen LogP contribution in [0.1, 0.15) is 43.5 Å². The van der Waals surface area contributed by atoms with Gasteiger partial charge in [0.1, 0.15) is 10.7 Å². The summed E-state index contributed by atoms with van der Waals surface area (Å²) >= 11 is 1.52. The Kier molecular flexibility index (Phi) is 5.22. The third-order valence-corrected chi connectivity index (χ3v) is 6.84. The van der Waals surface area contributed by atoms with Crippen molar-refractivity contribution in [2.75, 3.05) is 0 Å². The molecule has 0 saturated carbocycles. The van der Waals surface area contributed by atoms with E-state index in [9.17, 15) is 8.42 Å². The van der Waals surface area contributed by atoms with E-state index >= 15 is 0 Å². The summed E-state index contributed by atoms with van der Waals surface area (Å²) in [7, 11) is -3.89. The fourth-order valence-electron chi connectivity index (χ4n) is 3.10. The lowest BCUT2D eigenvalue weighted by molar-refractivity contribution is 0.343. The average Bonchev–Trinajstić information content (AvgIpc) is 3.13. The average molecular weight is 401 g/mol. The molecule has 1 aromatic rings. The van der Waals surface area contributed by atoms with Gasteiger partial charge in [0.2, 0.25) is 0 Å². The standard InChI is InChI=1S/C20H20N2O3S2/c23-27(24,16-11-5-2-6-12-16)25-22-19(15-9-3-1-4-10-15)20-21-17-13-7-8-14-18(17)26-20/h2-3,5,9-11,13-14H,1,4,6-8,12H2/b22-19+. The molecule has 0 aromatic carbocycles. The maximum Gasteiger partial charge on any atom is 0.354 e. The summed E-state index contributed by atoms with van der Waals surface area (Å²) in [4.78, 5) is 4.92. The van der Waals surface area contributed by atoms with Crippen LogP contribution in [0.4, 0.5) is 0 Å². The summed E-state index contributed by atoms with van der Waals surface area (Å²) in [6.07, 6.45) is 20.5. The molecule has 4 rings (SSSR count). The summed E-state index contributed by atoms with van der Waals surface area (Å²) in [5.74, 6) is 0. The molecule has 0 fully saturated rings. The number of thiazole rings is 1.